The average molecular weight is 283 g/mol. The van der Waals surface area contributed by atoms with Crippen molar-refractivity contribution < 1.29 is 17.9 Å². The summed E-state index contributed by atoms with van der Waals surface area (Å²) in [5, 5.41) is 3.22. The predicted molar refractivity (Wildman–Crippen MR) is 65.7 cm³/mol. The predicted octanol–water partition coefficient (Wildman–Crippen LogP) is 2.42. The van der Waals surface area contributed by atoms with Crippen molar-refractivity contribution in [1.82, 2.24) is 14.9 Å². The van der Waals surface area contributed by atoms with Gasteiger partial charge in [-0.15, -0.1) is 13.2 Å². The van der Waals surface area contributed by atoms with Gasteiger partial charge in [-0.25, -0.2) is 4.98 Å². The molecular weight excluding hydrogens is 271 g/mol. The molecule has 1 aliphatic rings. The van der Waals surface area contributed by atoms with Gasteiger partial charge in [0.25, 0.3) is 0 Å². The van der Waals surface area contributed by atoms with E-state index < -0.39 is 6.36 Å². The molecule has 1 aromatic heterocycles. The van der Waals surface area contributed by atoms with Gasteiger partial charge in [0.15, 0.2) is 0 Å². The Morgan fingerprint density at radius 2 is 1.95 bits per heavy atom. The minimum absolute atomic E-state index is 0.225. The summed E-state index contributed by atoms with van der Waals surface area (Å²) in [6.45, 7) is 1.59. The number of hydrogen-bond acceptors (Lipinski definition) is 3. The van der Waals surface area contributed by atoms with Crippen LogP contribution in [0.3, 0.4) is 0 Å². The van der Waals surface area contributed by atoms with Gasteiger partial charge in [0.1, 0.15) is 5.75 Å². The number of ether oxygens (including phenoxy) is 1. The number of aromatic nitrogens is 2. The van der Waals surface area contributed by atoms with E-state index in [1.807, 2.05) is 4.57 Å². The van der Waals surface area contributed by atoms with E-state index in [2.05, 4.69) is 15.0 Å². The molecule has 2 heterocycles. The third-order valence-corrected chi connectivity index (χ3v) is 3.13. The Kier molecular flexibility index (Phi) is 3.13. The van der Waals surface area contributed by atoms with Crippen LogP contribution in [0.4, 0.5) is 13.2 Å². The molecule has 7 heteroatoms. The standard InChI is InChI=1S/C13H12F3N3O/c14-13(15,16)20-10-3-1-9(2-4-10)19-8-18-11-7-17-6-5-12(11)19/h1-4,8,17H,5-7H2. The Morgan fingerprint density at radius 1 is 1.20 bits per heavy atom. The van der Waals surface area contributed by atoms with Gasteiger partial charge < -0.3 is 14.6 Å². The highest BCUT2D eigenvalue weighted by Gasteiger charge is 2.31. The van der Waals surface area contributed by atoms with E-state index in [1.54, 1.807) is 18.5 Å². The first-order chi connectivity index (χ1) is 9.53. The molecule has 0 amide bonds. The zero-order chi connectivity index (χ0) is 14.2. The lowest BCUT2D eigenvalue weighted by molar-refractivity contribution is -0.274. The SMILES string of the molecule is FC(F)(F)Oc1ccc(-n2cnc3c2CCNC3)cc1. The number of hydrogen-bond donors (Lipinski definition) is 1. The van der Waals surface area contributed by atoms with Crippen LogP contribution in [0.5, 0.6) is 5.75 Å². The summed E-state index contributed by atoms with van der Waals surface area (Å²) in [7, 11) is 0. The van der Waals surface area contributed by atoms with Crippen molar-refractivity contribution in [2.45, 2.75) is 19.3 Å². The first-order valence-electron chi connectivity index (χ1n) is 6.15. The van der Waals surface area contributed by atoms with Crippen molar-refractivity contribution in [3.05, 3.63) is 42.0 Å². The summed E-state index contributed by atoms with van der Waals surface area (Å²) in [6.07, 6.45) is -2.13. The summed E-state index contributed by atoms with van der Waals surface area (Å²) in [4.78, 5) is 4.30. The summed E-state index contributed by atoms with van der Waals surface area (Å²) < 4.78 is 42.0. The summed E-state index contributed by atoms with van der Waals surface area (Å²) in [6, 6.07) is 5.78. The van der Waals surface area contributed by atoms with Gasteiger partial charge in [-0.05, 0) is 24.3 Å². The molecule has 1 aliphatic heterocycles. The second-order valence-corrected chi connectivity index (χ2v) is 4.48. The molecule has 1 N–H and O–H groups in total. The summed E-state index contributed by atoms with van der Waals surface area (Å²) in [5.74, 6) is -0.225. The van der Waals surface area contributed by atoms with Crippen LogP contribution >= 0.6 is 0 Å². The number of alkyl halides is 3. The van der Waals surface area contributed by atoms with Crippen molar-refractivity contribution in [3.63, 3.8) is 0 Å². The van der Waals surface area contributed by atoms with Crippen molar-refractivity contribution in [2.75, 3.05) is 6.54 Å². The van der Waals surface area contributed by atoms with E-state index in [1.165, 1.54) is 12.1 Å². The van der Waals surface area contributed by atoms with Gasteiger partial charge in [-0.2, -0.15) is 0 Å². The lowest BCUT2D eigenvalue weighted by Gasteiger charge is -2.15. The highest BCUT2D eigenvalue weighted by Crippen LogP contribution is 2.25. The Bertz CT molecular complexity index is 604. The number of imidazole rings is 1. The fourth-order valence-corrected chi connectivity index (χ4v) is 2.27. The van der Waals surface area contributed by atoms with Gasteiger partial charge in [-0.3, -0.25) is 0 Å². The lowest BCUT2D eigenvalue weighted by atomic mass is 10.1. The molecule has 0 fully saturated rings. The van der Waals surface area contributed by atoms with Crippen molar-refractivity contribution in [2.24, 2.45) is 0 Å². The minimum atomic E-state index is -4.67. The van der Waals surface area contributed by atoms with Gasteiger partial charge in [0.05, 0.1) is 12.0 Å². The van der Waals surface area contributed by atoms with Crippen molar-refractivity contribution in [1.29, 1.82) is 0 Å². The average Bonchev–Trinajstić information content (AvgIpc) is 2.82. The van der Waals surface area contributed by atoms with Crippen LogP contribution in [0.15, 0.2) is 30.6 Å². The quantitative estimate of drug-likeness (QED) is 0.920. The maximum absolute atomic E-state index is 12.1. The van der Waals surface area contributed by atoms with Gasteiger partial charge in [0.2, 0.25) is 0 Å². The van der Waals surface area contributed by atoms with E-state index in [4.69, 9.17) is 0 Å². The Labute approximate surface area is 113 Å². The van der Waals surface area contributed by atoms with Crippen LogP contribution in [0.25, 0.3) is 5.69 Å². The lowest BCUT2D eigenvalue weighted by Crippen LogP contribution is -2.24. The molecule has 0 bridgehead atoms. The molecule has 106 valence electrons. The topological polar surface area (TPSA) is 39.1 Å². The molecular formula is C13H12F3N3O. The number of nitrogens with zero attached hydrogens (tertiary/aromatic N) is 2. The number of halogens is 3. The van der Waals surface area contributed by atoms with Crippen LogP contribution in [0.1, 0.15) is 11.4 Å². The smallest absolute Gasteiger partial charge is 0.406 e. The highest BCUT2D eigenvalue weighted by atomic mass is 19.4. The van der Waals surface area contributed by atoms with Gasteiger partial charge in [-0.1, -0.05) is 0 Å². The molecule has 0 aliphatic carbocycles. The van der Waals surface area contributed by atoms with Crippen LogP contribution in [-0.2, 0) is 13.0 Å². The number of fused-ring (bicyclic) bond motifs is 1. The second kappa shape index (κ2) is 4.82. The summed E-state index contributed by atoms with van der Waals surface area (Å²) >= 11 is 0. The molecule has 0 spiro atoms. The fraction of sp³-hybridized carbons (Fsp3) is 0.308. The molecule has 4 nitrogen and oxygen atoms in total. The van der Waals surface area contributed by atoms with Crippen LogP contribution in [0.2, 0.25) is 0 Å². The number of rotatable bonds is 2. The normalized spacial score (nSPS) is 14.9. The highest BCUT2D eigenvalue weighted by molar-refractivity contribution is 5.40. The third-order valence-electron chi connectivity index (χ3n) is 3.13. The molecule has 0 radical (unpaired) electrons. The number of benzene rings is 1. The third kappa shape index (κ3) is 2.62. The maximum atomic E-state index is 12.1. The zero-order valence-corrected chi connectivity index (χ0v) is 10.4. The molecule has 3 rings (SSSR count). The Hall–Kier alpha value is -2.02. The largest absolute Gasteiger partial charge is 0.573 e. The van der Waals surface area contributed by atoms with Crippen molar-refractivity contribution >= 4 is 0 Å². The molecule has 0 saturated heterocycles. The molecule has 20 heavy (non-hydrogen) atoms. The minimum Gasteiger partial charge on any atom is -0.406 e. The first-order valence-corrected chi connectivity index (χ1v) is 6.15. The Balaban J connectivity index is 1.86. The van der Waals surface area contributed by atoms with Gasteiger partial charge >= 0.3 is 6.36 Å². The molecule has 0 unspecified atom stereocenters. The fourth-order valence-electron chi connectivity index (χ4n) is 2.27. The van der Waals surface area contributed by atoms with E-state index in [0.29, 0.717) is 0 Å². The van der Waals surface area contributed by atoms with Crippen LogP contribution < -0.4 is 10.1 Å². The van der Waals surface area contributed by atoms with E-state index in [-0.39, 0.29) is 5.75 Å². The van der Waals surface area contributed by atoms with E-state index in [9.17, 15) is 13.2 Å². The van der Waals surface area contributed by atoms with Crippen molar-refractivity contribution in [3.8, 4) is 11.4 Å². The van der Waals surface area contributed by atoms with Crippen LogP contribution in [0, 0.1) is 0 Å². The van der Waals surface area contributed by atoms with Gasteiger partial charge in [0, 0.05) is 30.9 Å². The number of nitrogens with one attached hydrogen (secondary N) is 1. The monoisotopic (exact) mass is 283 g/mol. The summed E-state index contributed by atoms with van der Waals surface area (Å²) in [5.41, 5.74) is 2.84. The molecule has 2 aromatic rings. The maximum Gasteiger partial charge on any atom is 0.573 e. The zero-order valence-electron chi connectivity index (χ0n) is 10.4. The first kappa shape index (κ1) is 13.0. The van der Waals surface area contributed by atoms with E-state index >= 15 is 0 Å². The molecule has 0 atom stereocenters. The van der Waals surface area contributed by atoms with Crippen LogP contribution in [-0.4, -0.2) is 22.5 Å². The second-order valence-electron chi connectivity index (χ2n) is 4.48. The Morgan fingerprint density at radius 3 is 2.65 bits per heavy atom. The molecule has 1 aromatic carbocycles. The van der Waals surface area contributed by atoms with E-state index in [0.717, 1.165) is 36.6 Å². The molecule has 0 saturated carbocycles.